The van der Waals surface area contributed by atoms with Gasteiger partial charge < -0.3 is 9.80 Å². The average Bonchev–Trinajstić information content (AvgIpc) is 3.15. The second-order valence-corrected chi connectivity index (χ2v) is 8.77. The highest BCUT2D eigenvalue weighted by molar-refractivity contribution is 7.91. The van der Waals surface area contributed by atoms with Crippen LogP contribution in [0, 0.1) is 0 Å². The van der Waals surface area contributed by atoms with Crippen LogP contribution in [0.3, 0.4) is 0 Å². The van der Waals surface area contributed by atoms with E-state index in [0.717, 1.165) is 50.2 Å². The molecule has 1 aromatic carbocycles. The standard InChI is InChI=1S/C18H22F3N5O2S/c1-25(2)16-15(11-22-17(23-16)26-9-3-4-10-26)24-29(27,28)12-13-5-7-14(8-6-13)18(19,20)21/h5-8,11,24H,3-4,9-10,12H2,1-2H3. The van der Waals surface area contributed by atoms with Crippen molar-refractivity contribution in [2.75, 3.05) is 41.7 Å². The highest BCUT2D eigenvalue weighted by Gasteiger charge is 2.30. The third kappa shape index (κ3) is 5.28. The largest absolute Gasteiger partial charge is 0.416 e. The number of nitrogens with zero attached hydrogens (tertiary/aromatic N) is 4. The SMILES string of the molecule is CN(C)c1nc(N2CCCC2)ncc1NS(=O)(=O)Cc1ccc(C(F)(F)F)cc1. The van der Waals surface area contributed by atoms with Gasteiger partial charge in [0.1, 0.15) is 5.69 Å². The topological polar surface area (TPSA) is 78.4 Å². The Bertz CT molecular complexity index is 956. The Labute approximate surface area is 167 Å². The van der Waals surface area contributed by atoms with E-state index in [1.54, 1.807) is 19.0 Å². The van der Waals surface area contributed by atoms with E-state index in [0.29, 0.717) is 11.8 Å². The Kier molecular flexibility index (Phi) is 5.87. The summed E-state index contributed by atoms with van der Waals surface area (Å²) in [5, 5.41) is 0. The number of hydrogen-bond donors (Lipinski definition) is 1. The number of anilines is 3. The fraction of sp³-hybridized carbons (Fsp3) is 0.444. The molecule has 0 aliphatic carbocycles. The lowest BCUT2D eigenvalue weighted by atomic mass is 10.1. The van der Waals surface area contributed by atoms with Gasteiger partial charge in [-0.05, 0) is 30.5 Å². The van der Waals surface area contributed by atoms with Crippen LogP contribution in [-0.2, 0) is 22.0 Å². The maximum Gasteiger partial charge on any atom is 0.416 e. The molecule has 1 aromatic heterocycles. The van der Waals surface area contributed by atoms with Gasteiger partial charge in [-0.3, -0.25) is 4.72 Å². The van der Waals surface area contributed by atoms with Crippen molar-refractivity contribution >= 4 is 27.5 Å². The van der Waals surface area contributed by atoms with Crippen LogP contribution < -0.4 is 14.5 Å². The van der Waals surface area contributed by atoms with Crippen molar-refractivity contribution in [1.29, 1.82) is 0 Å². The Hall–Kier alpha value is -2.56. The third-order valence-corrected chi connectivity index (χ3v) is 5.72. The molecule has 158 valence electrons. The first-order chi connectivity index (χ1) is 13.5. The highest BCUT2D eigenvalue weighted by Crippen LogP contribution is 2.30. The van der Waals surface area contributed by atoms with Crippen LogP contribution in [0.2, 0.25) is 0 Å². The van der Waals surface area contributed by atoms with Gasteiger partial charge in [-0.2, -0.15) is 18.2 Å². The van der Waals surface area contributed by atoms with Gasteiger partial charge in [0.25, 0.3) is 0 Å². The van der Waals surface area contributed by atoms with Gasteiger partial charge in [-0.25, -0.2) is 13.4 Å². The van der Waals surface area contributed by atoms with Crippen molar-refractivity contribution in [3.63, 3.8) is 0 Å². The van der Waals surface area contributed by atoms with Crippen LogP contribution in [0.25, 0.3) is 0 Å². The van der Waals surface area contributed by atoms with E-state index < -0.39 is 27.5 Å². The van der Waals surface area contributed by atoms with E-state index in [1.807, 2.05) is 4.90 Å². The molecule has 11 heteroatoms. The maximum atomic E-state index is 12.7. The molecule has 0 radical (unpaired) electrons. The molecule has 7 nitrogen and oxygen atoms in total. The minimum Gasteiger partial charge on any atom is -0.361 e. The third-order valence-electron chi connectivity index (χ3n) is 4.47. The zero-order valence-corrected chi connectivity index (χ0v) is 16.9. The fourth-order valence-electron chi connectivity index (χ4n) is 3.06. The van der Waals surface area contributed by atoms with Crippen LogP contribution in [0.4, 0.5) is 30.6 Å². The summed E-state index contributed by atoms with van der Waals surface area (Å²) in [4.78, 5) is 12.5. The van der Waals surface area contributed by atoms with Gasteiger partial charge in [0.05, 0.1) is 17.5 Å². The number of halogens is 3. The molecule has 1 N–H and O–H groups in total. The molecular formula is C18H22F3N5O2S. The summed E-state index contributed by atoms with van der Waals surface area (Å²) in [6, 6.07) is 4.04. The van der Waals surface area contributed by atoms with E-state index in [9.17, 15) is 21.6 Å². The summed E-state index contributed by atoms with van der Waals surface area (Å²) in [7, 11) is -0.396. The van der Waals surface area contributed by atoms with E-state index >= 15 is 0 Å². The van der Waals surface area contributed by atoms with Crippen molar-refractivity contribution in [2.45, 2.75) is 24.8 Å². The van der Waals surface area contributed by atoms with Crippen molar-refractivity contribution in [2.24, 2.45) is 0 Å². The predicted octanol–water partition coefficient (Wildman–Crippen LogP) is 3.10. The minimum atomic E-state index is -4.47. The molecule has 1 fully saturated rings. The van der Waals surface area contributed by atoms with Gasteiger partial charge >= 0.3 is 6.18 Å². The van der Waals surface area contributed by atoms with Gasteiger partial charge in [0.15, 0.2) is 5.82 Å². The first kappa shape index (κ1) is 21.2. The van der Waals surface area contributed by atoms with Crippen LogP contribution >= 0.6 is 0 Å². The number of alkyl halides is 3. The first-order valence-electron chi connectivity index (χ1n) is 9.01. The molecule has 1 saturated heterocycles. The molecule has 1 aliphatic rings. The number of sulfonamides is 1. The lowest BCUT2D eigenvalue weighted by Crippen LogP contribution is -2.24. The first-order valence-corrected chi connectivity index (χ1v) is 10.7. The van der Waals surface area contributed by atoms with Crippen molar-refractivity contribution in [1.82, 2.24) is 9.97 Å². The zero-order chi connectivity index (χ0) is 21.2. The molecule has 0 unspecified atom stereocenters. The number of rotatable bonds is 6. The summed E-state index contributed by atoms with van der Waals surface area (Å²) in [5.74, 6) is 0.487. The molecule has 0 saturated carbocycles. The number of aromatic nitrogens is 2. The van der Waals surface area contributed by atoms with Crippen molar-refractivity contribution in [3.8, 4) is 0 Å². The summed E-state index contributed by atoms with van der Waals surface area (Å²) >= 11 is 0. The second-order valence-electron chi connectivity index (χ2n) is 7.05. The van der Waals surface area contributed by atoms with Gasteiger partial charge in [-0.15, -0.1) is 0 Å². The normalized spacial score (nSPS) is 14.9. The number of benzene rings is 1. The zero-order valence-electron chi connectivity index (χ0n) is 16.1. The fourth-order valence-corrected chi connectivity index (χ4v) is 4.24. The smallest absolute Gasteiger partial charge is 0.361 e. The minimum absolute atomic E-state index is 0.213. The predicted molar refractivity (Wildman–Crippen MR) is 105 cm³/mol. The van der Waals surface area contributed by atoms with Crippen molar-refractivity contribution < 1.29 is 21.6 Å². The molecule has 2 heterocycles. The molecule has 0 bridgehead atoms. The molecule has 29 heavy (non-hydrogen) atoms. The van der Waals surface area contributed by atoms with E-state index in [-0.39, 0.29) is 11.3 Å². The number of nitrogens with one attached hydrogen (secondary N) is 1. The molecule has 3 rings (SSSR count). The maximum absolute atomic E-state index is 12.7. The van der Waals surface area contributed by atoms with Crippen LogP contribution in [0.15, 0.2) is 30.5 Å². The van der Waals surface area contributed by atoms with Gasteiger partial charge in [0, 0.05) is 27.2 Å². The van der Waals surface area contributed by atoms with Crippen LogP contribution in [-0.4, -0.2) is 45.6 Å². The monoisotopic (exact) mass is 429 g/mol. The molecule has 0 atom stereocenters. The Morgan fingerprint density at radius 2 is 1.76 bits per heavy atom. The molecule has 0 amide bonds. The average molecular weight is 429 g/mol. The van der Waals surface area contributed by atoms with Crippen LogP contribution in [0.5, 0.6) is 0 Å². The van der Waals surface area contributed by atoms with E-state index in [4.69, 9.17) is 0 Å². The second kappa shape index (κ2) is 8.05. The van der Waals surface area contributed by atoms with Crippen LogP contribution in [0.1, 0.15) is 24.0 Å². The Balaban J connectivity index is 1.78. The lowest BCUT2D eigenvalue weighted by Gasteiger charge is -2.21. The molecular weight excluding hydrogens is 407 g/mol. The lowest BCUT2D eigenvalue weighted by molar-refractivity contribution is -0.137. The molecule has 0 spiro atoms. The quantitative estimate of drug-likeness (QED) is 0.760. The summed E-state index contributed by atoms with van der Waals surface area (Å²) in [6.45, 7) is 1.71. The Morgan fingerprint density at radius 1 is 1.14 bits per heavy atom. The van der Waals surface area contributed by atoms with E-state index in [2.05, 4.69) is 14.7 Å². The summed E-state index contributed by atoms with van der Waals surface area (Å²) in [6.07, 6.45) is -0.935. The van der Waals surface area contributed by atoms with Gasteiger partial charge in [-0.1, -0.05) is 12.1 Å². The van der Waals surface area contributed by atoms with Gasteiger partial charge in [0.2, 0.25) is 16.0 Å². The van der Waals surface area contributed by atoms with E-state index in [1.165, 1.54) is 6.20 Å². The highest BCUT2D eigenvalue weighted by atomic mass is 32.2. The molecule has 1 aliphatic heterocycles. The Morgan fingerprint density at radius 3 is 2.31 bits per heavy atom. The molecule has 2 aromatic rings. The summed E-state index contributed by atoms with van der Waals surface area (Å²) < 4.78 is 65.5. The van der Waals surface area contributed by atoms with Crippen molar-refractivity contribution in [3.05, 3.63) is 41.6 Å². The number of hydrogen-bond acceptors (Lipinski definition) is 6. The summed E-state index contributed by atoms with van der Waals surface area (Å²) in [5.41, 5.74) is -0.372.